The Labute approximate surface area is 264 Å². The van der Waals surface area contributed by atoms with Crippen molar-refractivity contribution < 1.29 is 24.3 Å². The van der Waals surface area contributed by atoms with Gasteiger partial charge >= 0.3 is 12.1 Å². The maximum absolute atomic E-state index is 14.2. The molecular formula is C33H42ClN5O5. The van der Waals surface area contributed by atoms with Crippen LogP contribution >= 0.6 is 11.6 Å². The van der Waals surface area contributed by atoms with Crippen LogP contribution in [0.3, 0.4) is 0 Å². The van der Waals surface area contributed by atoms with Gasteiger partial charge in [-0.05, 0) is 82.9 Å². The molecule has 5 rings (SSSR count). The number of halogens is 1. The van der Waals surface area contributed by atoms with Crippen molar-refractivity contribution in [2.24, 2.45) is 0 Å². The largest absolute Gasteiger partial charge is 0.465 e. The molecule has 236 valence electrons. The predicted molar refractivity (Wildman–Crippen MR) is 169 cm³/mol. The number of aromatic nitrogens is 1. The molecule has 44 heavy (non-hydrogen) atoms. The SMILES string of the molecule is CC1(C)CN(C(=O)CC2(N(C(=O)O)C(C)(C)C)CCCC2)c2cc(N3C(=O)N(Cc4ccnc(Cl)c4)C(C)(C)C3=O)ccc21. The highest BCUT2D eigenvalue weighted by Crippen LogP contribution is 2.47. The van der Waals surface area contributed by atoms with Gasteiger partial charge in [-0.25, -0.2) is 19.5 Å². The first-order valence-electron chi connectivity index (χ1n) is 15.1. The van der Waals surface area contributed by atoms with Gasteiger partial charge in [-0.2, -0.15) is 0 Å². The van der Waals surface area contributed by atoms with E-state index in [2.05, 4.69) is 18.8 Å². The number of rotatable bonds is 6. The summed E-state index contributed by atoms with van der Waals surface area (Å²) in [4.78, 5) is 64.2. The lowest BCUT2D eigenvalue weighted by molar-refractivity contribution is -0.123. The van der Waals surface area contributed by atoms with Crippen molar-refractivity contribution in [3.63, 3.8) is 0 Å². The Morgan fingerprint density at radius 1 is 1.05 bits per heavy atom. The van der Waals surface area contributed by atoms with E-state index in [1.165, 1.54) is 14.7 Å². The molecule has 1 aromatic heterocycles. The van der Waals surface area contributed by atoms with Crippen molar-refractivity contribution in [2.75, 3.05) is 16.3 Å². The Hall–Kier alpha value is -3.66. The number of amides is 5. The fourth-order valence-electron chi connectivity index (χ4n) is 7.39. The maximum atomic E-state index is 14.2. The fourth-order valence-corrected chi connectivity index (χ4v) is 7.58. The van der Waals surface area contributed by atoms with Gasteiger partial charge in [0.2, 0.25) is 5.91 Å². The predicted octanol–water partition coefficient (Wildman–Crippen LogP) is 6.59. The van der Waals surface area contributed by atoms with E-state index in [9.17, 15) is 24.3 Å². The number of urea groups is 1. The Kier molecular flexibility index (Phi) is 7.76. The molecule has 2 aliphatic heterocycles. The third kappa shape index (κ3) is 5.31. The third-order valence-corrected chi connectivity index (χ3v) is 9.63. The summed E-state index contributed by atoms with van der Waals surface area (Å²) in [5.74, 6) is -0.535. The number of nitrogens with zero attached hydrogens (tertiary/aromatic N) is 5. The fraction of sp³-hybridized carbons (Fsp3) is 0.545. The molecule has 0 atom stereocenters. The molecule has 2 aromatic rings. The number of hydrogen-bond acceptors (Lipinski definition) is 5. The summed E-state index contributed by atoms with van der Waals surface area (Å²) in [5.41, 5.74) is -0.273. The quantitative estimate of drug-likeness (QED) is 0.287. The van der Waals surface area contributed by atoms with Gasteiger partial charge in [0.25, 0.3) is 5.91 Å². The molecule has 0 spiro atoms. The van der Waals surface area contributed by atoms with Crippen molar-refractivity contribution in [2.45, 2.75) is 109 Å². The molecule has 10 nitrogen and oxygen atoms in total. The highest BCUT2D eigenvalue weighted by molar-refractivity contribution is 6.29. The van der Waals surface area contributed by atoms with Crippen LogP contribution in [0.15, 0.2) is 36.5 Å². The molecule has 1 N–H and O–H groups in total. The number of fused-ring (bicyclic) bond motifs is 1. The van der Waals surface area contributed by atoms with Crippen LogP contribution in [0.1, 0.15) is 91.7 Å². The van der Waals surface area contributed by atoms with Crippen molar-refractivity contribution in [1.29, 1.82) is 0 Å². The summed E-state index contributed by atoms with van der Waals surface area (Å²) >= 11 is 6.07. The van der Waals surface area contributed by atoms with E-state index in [-0.39, 0.29) is 30.2 Å². The zero-order valence-corrected chi connectivity index (χ0v) is 27.4. The van der Waals surface area contributed by atoms with Crippen molar-refractivity contribution in [3.8, 4) is 0 Å². The molecule has 11 heteroatoms. The molecule has 3 aliphatic rings. The van der Waals surface area contributed by atoms with E-state index in [1.54, 1.807) is 49.2 Å². The molecule has 0 radical (unpaired) electrons. The van der Waals surface area contributed by atoms with Crippen LogP contribution in [0, 0.1) is 0 Å². The zero-order chi connectivity index (χ0) is 32.4. The van der Waals surface area contributed by atoms with Crippen LogP contribution in [0.5, 0.6) is 0 Å². The van der Waals surface area contributed by atoms with Gasteiger partial charge in [0.1, 0.15) is 10.7 Å². The lowest BCUT2D eigenvalue weighted by Gasteiger charge is -2.47. The normalized spacial score (nSPS) is 20.3. The van der Waals surface area contributed by atoms with Gasteiger partial charge in [0, 0.05) is 35.9 Å². The monoisotopic (exact) mass is 623 g/mol. The van der Waals surface area contributed by atoms with E-state index in [0.29, 0.717) is 35.9 Å². The van der Waals surface area contributed by atoms with E-state index in [1.807, 2.05) is 26.8 Å². The van der Waals surface area contributed by atoms with Crippen LogP contribution in [0.2, 0.25) is 5.15 Å². The Morgan fingerprint density at radius 3 is 2.30 bits per heavy atom. The number of pyridine rings is 1. The van der Waals surface area contributed by atoms with Crippen LogP contribution in [-0.2, 0) is 21.5 Å². The highest BCUT2D eigenvalue weighted by Gasteiger charge is 2.53. The van der Waals surface area contributed by atoms with Crippen molar-refractivity contribution in [3.05, 3.63) is 52.8 Å². The summed E-state index contributed by atoms with van der Waals surface area (Å²) in [5, 5.41) is 10.5. The van der Waals surface area contributed by atoms with Gasteiger partial charge in [0.05, 0.1) is 17.6 Å². The van der Waals surface area contributed by atoms with Gasteiger partial charge in [0.15, 0.2) is 0 Å². The van der Waals surface area contributed by atoms with Crippen molar-refractivity contribution >= 4 is 46.9 Å². The van der Waals surface area contributed by atoms with Crippen LogP contribution < -0.4 is 9.80 Å². The third-order valence-electron chi connectivity index (χ3n) is 9.42. The Balaban J connectivity index is 1.48. The average Bonchev–Trinajstić information content (AvgIpc) is 3.51. The topological polar surface area (TPSA) is 114 Å². The van der Waals surface area contributed by atoms with Crippen LogP contribution in [0.25, 0.3) is 0 Å². The summed E-state index contributed by atoms with van der Waals surface area (Å²) in [6.45, 7) is 13.7. The van der Waals surface area contributed by atoms with E-state index in [4.69, 9.17) is 11.6 Å². The Bertz CT molecular complexity index is 1520. The number of benzene rings is 1. The number of carbonyl (C=O) groups excluding carboxylic acids is 3. The minimum Gasteiger partial charge on any atom is -0.465 e. The minimum absolute atomic E-state index is 0.0627. The molecule has 5 amide bonds. The summed E-state index contributed by atoms with van der Waals surface area (Å²) in [7, 11) is 0. The number of imide groups is 1. The summed E-state index contributed by atoms with van der Waals surface area (Å²) in [6, 6.07) is 8.36. The second kappa shape index (κ2) is 10.8. The first kappa shape index (κ1) is 31.8. The molecule has 2 fully saturated rings. The zero-order valence-electron chi connectivity index (χ0n) is 26.6. The molecule has 1 aromatic carbocycles. The number of carboxylic acid groups (broad SMARTS) is 1. The van der Waals surface area contributed by atoms with Gasteiger partial charge in [-0.15, -0.1) is 0 Å². The Morgan fingerprint density at radius 2 is 1.70 bits per heavy atom. The van der Waals surface area contributed by atoms with Gasteiger partial charge in [-0.1, -0.05) is 44.4 Å². The first-order valence-corrected chi connectivity index (χ1v) is 15.5. The lowest BCUT2D eigenvalue weighted by atomic mass is 9.86. The number of anilines is 2. The lowest BCUT2D eigenvalue weighted by Crippen LogP contribution is -2.60. The number of carbonyl (C=O) groups is 4. The maximum Gasteiger partial charge on any atom is 0.408 e. The van der Waals surface area contributed by atoms with E-state index < -0.39 is 28.7 Å². The van der Waals surface area contributed by atoms with Crippen LogP contribution in [0.4, 0.5) is 21.0 Å². The van der Waals surface area contributed by atoms with E-state index in [0.717, 1.165) is 24.0 Å². The second-order valence-corrected chi connectivity index (χ2v) is 14.9. The van der Waals surface area contributed by atoms with Gasteiger partial charge in [-0.3, -0.25) is 14.5 Å². The molecular weight excluding hydrogens is 582 g/mol. The van der Waals surface area contributed by atoms with E-state index >= 15 is 0 Å². The molecule has 1 aliphatic carbocycles. The van der Waals surface area contributed by atoms with Crippen molar-refractivity contribution in [1.82, 2.24) is 14.8 Å². The first-order chi connectivity index (χ1) is 20.4. The smallest absolute Gasteiger partial charge is 0.408 e. The average molecular weight is 624 g/mol. The second-order valence-electron chi connectivity index (χ2n) is 14.5. The molecule has 0 unspecified atom stereocenters. The summed E-state index contributed by atoms with van der Waals surface area (Å²) < 4.78 is 0. The molecule has 1 saturated carbocycles. The molecule has 0 bridgehead atoms. The highest BCUT2D eigenvalue weighted by atomic mass is 35.5. The standard InChI is InChI=1S/C33H42ClN5O5/c1-30(2,3)39(29(43)44)33(13-8-9-14-33)18-26(40)36-20-31(4,5)23-11-10-22(17-24(23)36)38-27(41)32(6,7)37(28(38)42)19-21-12-15-35-25(34)16-21/h10-12,15-17H,8-9,13-14,18-20H2,1-7H3,(H,43,44). The molecule has 3 heterocycles. The minimum atomic E-state index is -1.12. The summed E-state index contributed by atoms with van der Waals surface area (Å²) in [6.07, 6.45) is 3.56. The van der Waals surface area contributed by atoms with Gasteiger partial charge < -0.3 is 14.9 Å². The van der Waals surface area contributed by atoms with Crippen LogP contribution in [-0.4, -0.2) is 67.0 Å². The molecule has 1 saturated heterocycles. The number of hydrogen-bond donors (Lipinski definition) is 1.